The number of likely N-dealkylation sites (tertiary alicyclic amines) is 1. The number of hydrogen-bond donors (Lipinski definition) is 1. The van der Waals surface area contributed by atoms with Crippen molar-refractivity contribution in [2.24, 2.45) is 0 Å². The number of aliphatic hydroxyl groups excluding tert-OH is 1. The van der Waals surface area contributed by atoms with Gasteiger partial charge in [-0.2, -0.15) is 0 Å². The predicted octanol–water partition coefficient (Wildman–Crippen LogP) is 3.50. The molecule has 0 spiro atoms. The van der Waals surface area contributed by atoms with Crippen molar-refractivity contribution in [1.29, 1.82) is 0 Å². The summed E-state index contributed by atoms with van der Waals surface area (Å²) >= 11 is 0. The number of hydrogen-bond acceptors (Lipinski definition) is 4. The standard InChI is InChI=1S/C13H17NO3.C2H6O.2C2H6/c15-9-11-3-5-12(6-4-11)17-10-13(16)14-7-1-2-8-14;1-3-2;2*1-2/h3-6,15H,1-2,7-10H2;1-2H3;2*1-2H3. The summed E-state index contributed by atoms with van der Waals surface area (Å²) in [6.07, 6.45) is 2.19. The van der Waals surface area contributed by atoms with Crippen LogP contribution in [0.1, 0.15) is 46.1 Å². The first-order chi connectivity index (χ1) is 11.7. The Morgan fingerprint density at radius 2 is 1.50 bits per heavy atom. The van der Waals surface area contributed by atoms with E-state index in [9.17, 15) is 4.79 Å². The number of benzene rings is 1. The molecule has 2 rings (SSSR count). The molecule has 140 valence electrons. The van der Waals surface area contributed by atoms with Gasteiger partial charge in [0.15, 0.2) is 6.61 Å². The molecule has 1 aliphatic rings. The fraction of sp³-hybridized carbons (Fsp3) is 0.632. The van der Waals surface area contributed by atoms with Gasteiger partial charge >= 0.3 is 0 Å². The molecule has 1 saturated heterocycles. The minimum absolute atomic E-state index is 0.0208. The van der Waals surface area contributed by atoms with Crippen LogP contribution in [0.5, 0.6) is 5.75 Å². The maximum Gasteiger partial charge on any atom is 0.260 e. The second-order valence-electron chi connectivity index (χ2n) is 4.59. The maximum absolute atomic E-state index is 11.7. The number of carbonyl (C=O) groups is 1. The molecule has 5 heteroatoms. The van der Waals surface area contributed by atoms with E-state index in [1.165, 1.54) is 0 Å². The number of carbonyl (C=O) groups excluding carboxylic acids is 1. The first kappa shape index (κ1) is 24.7. The molecule has 1 heterocycles. The Kier molecular flexibility index (Phi) is 18.2. The lowest BCUT2D eigenvalue weighted by Gasteiger charge is -2.15. The lowest BCUT2D eigenvalue weighted by Crippen LogP contribution is -2.32. The first-order valence-corrected chi connectivity index (χ1v) is 8.71. The molecule has 1 amide bonds. The summed E-state index contributed by atoms with van der Waals surface area (Å²) in [5, 5.41) is 8.89. The van der Waals surface area contributed by atoms with Crippen LogP contribution in [0.4, 0.5) is 0 Å². The van der Waals surface area contributed by atoms with Gasteiger partial charge in [-0.3, -0.25) is 4.79 Å². The molecule has 5 nitrogen and oxygen atoms in total. The quantitative estimate of drug-likeness (QED) is 0.911. The molecule has 0 saturated carbocycles. The van der Waals surface area contributed by atoms with E-state index in [1.54, 1.807) is 38.5 Å². The molecule has 1 fully saturated rings. The lowest BCUT2D eigenvalue weighted by molar-refractivity contribution is -0.132. The molecule has 1 N–H and O–H groups in total. The van der Waals surface area contributed by atoms with Crippen molar-refractivity contribution in [3.8, 4) is 5.75 Å². The average molecular weight is 341 g/mol. The van der Waals surface area contributed by atoms with E-state index >= 15 is 0 Å². The molecule has 1 aliphatic heterocycles. The fourth-order valence-corrected chi connectivity index (χ4v) is 1.89. The Labute approximate surface area is 147 Å². The van der Waals surface area contributed by atoms with Crippen LogP contribution in [0.15, 0.2) is 24.3 Å². The van der Waals surface area contributed by atoms with Crippen molar-refractivity contribution in [3.63, 3.8) is 0 Å². The van der Waals surface area contributed by atoms with Crippen LogP contribution in [-0.4, -0.2) is 49.8 Å². The van der Waals surface area contributed by atoms with Gasteiger partial charge in [-0.05, 0) is 30.5 Å². The number of ether oxygens (including phenoxy) is 2. The third-order valence-electron chi connectivity index (χ3n) is 2.93. The molecular formula is C19H35NO4. The number of amides is 1. The largest absolute Gasteiger partial charge is 0.484 e. The Hall–Kier alpha value is -1.59. The van der Waals surface area contributed by atoms with Crippen LogP contribution >= 0.6 is 0 Å². The van der Waals surface area contributed by atoms with E-state index in [2.05, 4.69) is 4.74 Å². The van der Waals surface area contributed by atoms with Crippen molar-refractivity contribution in [1.82, 2.24) is 4.90 Å². The zero-order valence-corrected chi connectivity index (χ0v) is 16.2. The van der Waals surface area contributed by atoms with Crippen LogP contribution in [-0.2, 0) is 16.1 Å². The van der Waals surface area contributed by atoms with Gasteiger partial charge in [-0.15, -0.1) is 0 Å². The van der Waals surface area contributed by atoms with Gasteiger partial charge in [-0.1, -0.05) is 39.8 Å². The molecule has 0 aliphatic carbocycles. The third-order valence-corrected chi connectivity index (χ3v) is 2.93. The molecule has 0 aromatic heterocycles. The average Bonchev–Trinajstić information content (AvgIpc) is 3.19. The number of nitrogens with zero attached hydrogens (tertiary/aromatic N) is 1. The zero-order valence-electron chi connectivity index (χ0n) is 16.2. The van der Waals surface area contributed by atoms with Gasteiger partial charge in [-0.25, -0.2) is 0 Å². The summed E-state index contributed by atoms with van der Waals surface area (Å²) < 4.78 is 9.66. The number of methoxy groups -OCH3 is 1. The smallest absolute Gasteiger partial charge is 0.260 e. The highest BCUT2D eigenvalue weighted by atomic mass is 16.5. The first-order valence-electron chi connectivity index (χ1n) is 8.71. The van der Waals surface area contributed by atoms with Gasteiger partial charge in [0.05, 0.1) is 6.61 Å². The summed E-state index contributed by atoms with van der Waals surface area (Å²) in [5.41, 5.74) is 0.836. The van der Waals surface area contributed by atoms with E-state index in [-0.39, 0.29) is 19.1 Å². The summed E-state index contributed by atoms with van der Waals surface area (Å²) in [7, 11) is 3.25. The minimum Gasteiger partial charge on any atom is -0.484 e. The molecule has 0 radical (unpaired) electrons. The third kappa shape index (κ3) is 11.0. The summed E-state index contributed by atoms with van der Waals surface area (Å²) in [6, 6.07) is 7.11. The lowest BCUT2D eigenvalue weighted by atomic mass is 10.2. The molecule has 24 heavy (non-hydrogen) atoms. The van der Waals surface area contributed by atoms with Crippen molar-refractivity contribution < 1.29 is 19.4 Å². The number of aliphatic hydroxyl groups is 1. The summed E-state index contributed by atoms with van der Waals surface area (Å²) in [5.74, 6) is 0.712. The maximum atomic E-state index is 11.7. The molecule has 0 atom stereocenters. The Bertz CT molecular complexity index is 387. The predicted molar refractivity (Wildman–Crippen MR) is 99.3 cm³/mol. The van der Waals surface area contributed by atoms with Crippen molar-refractivity contribution in [2.75, 3.05) is 33.9 Å². The number of rotatable bonds is 4. The molecule has 0 bridgehead atoms. The van der Waals surface area contributed by atoms with Gasteiger partial charge in [0.1, 0.15) is 5.75 Å². The van der Waals surface area contributed by atoms with Gasteiger partial charge in [0.2, 0.25) is 0 Å². The van der Waals surface area contributed by atoms with Crippen LogP contribution < -0.4 is 4.74 Å². The summed E-state index contributed by atoms with van der Waals surface area (Å²) in [4.78, 5) is 13.5. The van der Waals surface area contributed by atoms with Crippen LogP contribution in [0, 0.1) is 0 Å². The molecule has 0 unspecified atom stereocenters. The Morgan fingerprint density at radius 3 is 1.92 bits per heavy atom. The van der Waals surface area contributed by atoms with E-state index in [0.717, 1.165) is 31.5 Å². The topological polar surface area (TPSA) is 59.0 Å². The van der Waals surface area contributed by atoms with Crippen molar-refractivity contribution in [2.45, 2.75) is 47.1 Å². The molecular weight excluding hydrogens is 306 g/mol. The van der Waals surface area contributed by atoms with Crippen molar-refractivity contribution >= 4 is 5.91 Å². The fourth-order valence-electron chi connectivity index (χ4n) is 1.89. The highest BCUT2D eigenvalue weighted by Crippen LogP contribution is 2.13. The summed E-state index contributed by atoms with van der Waals surface area (Å²) in [6.45, 7) is 9.82. The molecule has 1 aromatic rings. The second kappa shape index (κ2) is 17.8. The highest BCUT2D eigenvalue weighted by Gasteiger charge is 2.17. The van der Waals surface area contributed by atoms with Gasteiger partial charge in [0.25, 0.3) is 5.91 Å². The van der Waals surface area contributed by atoms with Crippen LogP contribution in [0.25, 0.3) is 0 Å². The monoisotopic (exact) mass is 341 g/mol. The van der Waals surface area contributed by atoms with Crippen LogP contribution in [0.2, 0.25) is 0 Å². The second-order valence-corrected chi connectivity index (χ2v) is 4.59. The van der Waals surface area contributed by atoms with E-state index in [1.807, 2.05) is 32.6 Å². The van der Waals surface area contributed by atoms with E-state index < -0.39 is 0 Å². The minimum atomic E-state index is 0.0208. The normalized spacial score (nSPS) is 11.9. The van der Waals surface area contributed by atoms with E-state index in [0.29, 0.717) is 5.75 Å². The van der Waals surface area contributed by atoms with E-state index in [4.69, 9.17) is 9.84 Å². The SMILES string of the molecule is CC.CC.COC.O=C(COc1ccc(CO)cc1)N1CCCC1. The Balaban J connectivity index is 0. The van der Waals surface area contributed by atoms with Gasteiger partial charge in [0, 0.05) is 27.3 Å². The van der Waals surface area contributed by atoms with Crippen molar-refractivity contribution in [3.05, 3.63) is 29.8 Å². The molecule has 1 aromatic carbocycles. The van der Waals surface area contributed by atoms with Gasteiger partial charge < -0.3 is 19.5 Å². The van der Waals surface area contributed by atoms with Crippen LogP contribution in [0.3, 0.4) is 0 Å². The Morgan fingerprint density at radius 1 is 1.04 bits per heavy atom. The highest BCUT2D eigenvalue weighted by molar-refractivity contribution is 5.78. The zero-order chi connectivity index (χ0) is 18.8.